The first-order chi connectivity index (χ1) is 5.92. The molecule has 5 heteroatoms. The van der Waals surface area contributed by atoms with E-state index in [1.165, 1.54) is 6.21 Å². The summed E-state index contributed by atoms with van der Waals surface area (Å²) in [7, 11) is 0. The molecule has 2 aromatic rings. The van der Waals surface area contributed by atoms with Crippen molar-refractivity contribution in [3.63, 3.8) is 0 Å². The van der Waals surface area contributed by atoms with Crippen molar-refractivity contribution >= 4 is 29.0 Å². The van der Waals surface area contributed by atoms with E-state index in [1.807, 2.05) is 18.2 Å². The zero-order chi connectivity index (χ0) is 8.39. The predicted molar refractivity (Wildman–Crippen MR) is 46.8 cm³/mol. The Bertz CT molecular complexity index is 423. The van der Waals surface area contributed by atoms with Gasteiger partial charge in [-0.1, -0.05) is 17.3 Å². The van der Waals surface area contributed by atoms with Crippen molar-refractivity contribution in [1.29, 1.82) is 0 Å². The fourth-order valence-corrected chi connectivity index (χ4v) is 1.55. The van der Waals surface area contributed by atoms with Gasteiger partial charge in [0.2, 0.25) is 0 Å². The first kappa shape index (κ1) is 7.17. The molecule has 60 valence electrons. The van der Waals surface area contributed by atoms with Crippen LogP contribution in [0.15, 0.2) is 23.4 Å². The van der Waals surface area contributed by atoms with Crippen molar-refractivity contribution in [3.05, 3.63) is 23.8 Å². The molecular weight excluding hydrogens is 174 g/mol. The summed E-state index contributed by atoms with van der Waals surface area (Å²) in [6.07, 6.45) is 1.35. The smallest absolute Gasteiger partial charge is 0.113 e. The lowest BCUT2D eigenvalue weighted by atomic mass is 10.2. The largest absolute Gasteiger partial charge is 0.411 e. The molecule has 0 unspecified atom stereocenters. The van der Waals surface area contributed by atoms with Crippen molar-refractivity contribution in [2.45, 2.75) is 0 Å². The van der Waals surface area contributed by atoms with Crippen LogP contribution < -0.4 is 0 Å². The molecule has 0 atom stereocenters. The van der Waals surface area contributed by atoms with Crippen LogP contribution in [0.1, 0.15) is 5.56 Å². The Morgan fingerprint density at radius 1 is 1.42 bits per heavy atom. The third kappa shape index (κ3) is 1.04. The Morgan fingerprint density at radius 2 is 2.33 bits per heavy atom. The molecule has 2 rings (SSSR count). The van der Waals surface area contributed by atoms with Crippen LogP contribution in [0.3, 0.4) is 0 Å². The molecule has 0 fully saturated rings. The highest BCUT2D eigenvalue weighted by Crippen LogP contribution is 2.14. The predicted octanol–water partition coefficient (Wildman–Crippen LogP) is 1.50. The monoisotopic (exact) mass is 179 g/mol. The van der Waals surface area contributed by atoms with Gasteiger partial charge in [0.05, 0.1) is 17.9 Å². The number of hydrogen-bond donors (Lipinski definition) is 1. The van der Waals surface area contributed by atoms with Crippen molar-refractivity contribution in [1.82, 2.24) is 8.75 Å². The maximum Gasteiger partial charge on any atom is 0.113 e. The molecule has 0 aliphatic heterocycles. The maximum atomic E-state index is 8.34. The molecule has 0 bridgehead atoms. The van der Waals surface area contributed by atoms with Gasteiger partial charge in [0, 0.05) is 5.56 Å². The number of aromatic nitrogens is 2. The van der Waals surface area contributed by atoms with Crippen LogP contribution in [-0.4, -0.2) is 20.2 Å². The van der Waals surface area contributed by atoms with Crippen LogP contribution in [-0.2, 0) is 0 Å². The fraction of sp³-hybridized carbons (Fsp3) is 0. The molecule has 0 aliphatic carbocycles. The lowest BCUT2D eigenvalue weighted by Gasteiger charge is -1.90. The van der Waals surface area contributed by atoms with Crippen molar-refractivity contribution < 1.29 is 5.21 Å². The standard InChI is InChI=1S/C7H5N3OS/c11-8-4-5-2-1-3-6-7(5)10-12-9-6/h1-4,11H/b8-4+. The van der Waals surface area contributed by atoms with Gasteiger partial charge in [-0.2, -0.15) is 8.75 Å². The van der Waals surface area contributed by atoms with E-state index in [2.05, 4.69) is 13.9 Å². The summed E-state index contributed by atoms with van der Waals surface area (Å²) in [4.78, 5) is 0. The second-order valence-corrected chi connectivity index (χ2v) is 2.75. The van der Waals surface area contributed by atoms with Gasteiger partial charge < -0.3 is 5.21 Å². The summed E-state index contributed by atoms with van der Waals surface area (Å²) < 4.78 is 8.11. The van der Waals surface area contributed by atoms with E-state index >= 15 is 0 Å². The molecule has 0 spiro atoms. The SMILES string of the molecule is O/N=C/c1cccc2nsnc12. The van der Waals surface area contributed by atoms with Gasteiger partial charge in [-0.3, -0.25) is 0 Å². The van der Waals surface area contributed by atoms with Crippen molar-refractivity contribution in [2.24, 2.45) is 5.16 Å². The summed E-state index contributed by atoms with van der Waals surface area (Å²) in [6, 6.07) is 5.54. The van der Waals surface area contributed by atoms with Gasteiger partial charge >= 0.3 is 0 Å². The topological polar surface area (TPSA) is 58.4 Å². The zero-order valence-electron chi connectivity index (χ0n) is 6.01. The number of hydrogen-bond acceptors (Lipinski definition) is 5. The van der Waals surface area contributed by atoms with Crippen LogP contribution in [0.2, 0.25) is 0 Å². The number of fused-ring (bicyclic) bond motifs is 1. The van der Waals surface area contributed by atoms with Crippen molar-refractivity contribution in [2.75, 3.05) is 0 Å². The van der Waals surface area contributed by atoms with E-state index in [-0.39, 0.29) is 0 Å². The molecular formula is C7H5N3OS. The molecule has 4 nitrogen and oxygen atoms in total. The first-order valence-corrected chi connectivity index (χ1v) is 4.03. The van der Waals surface area contributed by atoms with Gasteiger partial charge in [-0.25, -0.2) is 0 Å². The van der Waals surface area contributed by atoms with Gasteiger partial charge in [0.25, 0.3) is 0 Å². The molecule has 12 heavy (non-hydrogen) atoms. The molecule has 0 radical (unpaired) electrons. The average molecular weight is 179 g/mol. The third-order valence-electron chi connectivity index (χ3n) is 1.51. The Balaban J connectivity index is 2.73. The quantitative estimate of drug-likeness (QED) is 0.410. The Kier molecular flexibility index (Phi) is 1.71. The van der Waals surface area contributed by atoms with E-state index in [0.717, 1.165) is 28.3 Å². The molecule has 1 N–H and O–H groups in total. The molecule has 0 saturated carbocycles. The third-order valence-corrected chi connectivity index (χ3v) is 2.06. The molecule has 1 aromatic heterocycles. The van der Waals surface area contributed by atoms with Gasteiger partial charge in [-0.05, 0) is 6.07 Å². The maximum absolute atomic E-state index is 8.34. The second-order valence-electron chi connectivity index (χ2n) is 2.22. The highest BCUT2D eigenvalue weighted by molar-refractivity contribution is 7.00. The van der Waals surface area contributed by atoms with E-state index in [0.29, 0.717) is 0 Å². The molecule has 1 aromatic carbocycles. The summed E-state index contributed by atoms with van der Waals surface area (Å²) in [5, 5.41) is 11.3. The minimum Gasteiger partial charge on any atom is -0.411 e. The highest BCUT2D eigenvalue weighted by Gasteiger charge is 2.01. The minimum atomic E-state index is 0.778. The summed E-state index contributed by atoms with van der Waals surface area (Å²) in [6.45, 7) is 0. The second kappa shape index (κ2) is 2.86. The van der Waals surface area contributed by atoms with Crippen LogP contribution in [0.4, 0.5) is 0 Å². The lowest BCUT2D eigenvalue weighted by Crippen LogP contribution is -1.82. The van der Waals surface area contributed by atoms with Crippen LogP contribution >= 0.6 is 11.7 Å². The Labute approximate surface area is 72.5 Å². The zero-order valence-corrected chi connectivity index (χ0v) is 6.82. The van der Waals surface area contributed by atoms with Gasteiger partial charge in [0.15, 0.2) is 0 Å². The number of benzene rings is 1. The number of oxime groups is 1. The fourth-order valence-electron chi connectivity index (χ4n) is 0.993. The van der Waals surface area contributed by atoms with Gasteiger partial charge in [0.1, 0.15) is 11.0 Å². The van der Waals surface area contributed by atoms with Crippen LogP contribution in [0.25, 0.3) is 11.0 Å². The van der Waals surface area contributed by atoms with E-state index < -0.39 is 0 Å². The molecule has 0 saturated heterocycles. The van der Waals surface area contributed by atoms with Crippen LogP contribution in [0, 0.1) is 0 Å². The van der Waals surface area contributed by atoms with E-state index in [9.17, 15) is 0 Å². The molecule has 0 aliphatic rings. The summed E-state index contributed by atoms with van der Waals surface area (Å²) in [5.41, 5.74) is 2.39. The van der Waals surface area contributed by atoms with Gasteiger partial charge in [-0.15, -0.1) is 0 Å². The number of nitrogens with zero attached hydrogens (tertiary/aromatic N) is 3. The Morgan fingerprint density at radius 3 is 3.17 bits per heavy atom. The summed E-state index contributed by atoms with van der Waals surface area (Å²) in [5.74, 6) is 0. The van der Waals surface area contributed by atoms with Crippen molar-refractivity contribution in [3.8, 4) is 0 Å². The van der Waals surface area contributed by atoms with Crippen LogP contribution in [0.5, 0.6) is 0 Å². The highest BCUT2D eigenvalue weighted by atomic mass is 32.1. The Hall–Kier alpha value is -1.49. The first-order valence-electron chi connectivity index (χ1n) is 3.30. The average Bonchev–Trinajstić information content (AvgIpc) is 2.53. The van der Waals surface area contributed by atoms with E-state index in [1.54, 1.807) is 0 Å². The molecule has 1 heterocycles. The molecule has 0 amide bonds. The number of rotatable bonds is 1. The minimum absolute atomic E-state index is 0.778. The lowest BCUT2D eigenvalue weighted by molar-refractivity contribution is 0.322. The summed E-state index contributed by atoms with van der Waals surface area (Å²) >= 11 is 1.15. The van der Waals surface area contributed by atoms with E-state index in [4.69, 9.17) is 5.21 Å². The normalized spacial score (nSPS) is 11.3.